The van der Waals surface area contributed by atoms with Gasteiger partial charge in [-0.15, -0.1) is 0 Å². The highest BCUT2D eigenvalue weighted by atomic mass is 79.9. The van der Waals surface area contributed by atoms with Crippen molar-refractivity contribution in [3.63, 3.8) is 0 Å². The van der Waals surface area contributed by atoms with Crippen molar-refractivity contribution in [1.82, 2.24) is 9.97 Å². The van der Waals surface area contributed by atoms with E-state index in [0.29, 0.717) is 5.56 Å². The minimum absolute atomic E-state index is 0.156. The molecule has 3 aromatic carbocycles. The summed E-state index contributed by atoms with van der Waals surface area (Å²) in [6, 6.07) is 22.7. The maximum Gasteiger partial charge on any atom is 0.255 e. The van der Waals surface area contributed by atoms with Gasteiger partial charge in [-0.3, -0.25) is 4.79 Å². The van der Waals surface area contributed by atoms with E-state index in [0.717, 1.165) is 32.6 Å². The van der Waals surface area contributed by atoms with Gasteiger partial charge < -0.3 is 10.3 Å². The molecule has 0 aliphatic carbocycles. The summed E-state index contributed by atoms with van der Waals surface area (Å²) in [5.41, 5.74) is 4.03. The first-order valence-corrected chi connectivity index (χ1v) is 8.61. The fourth-order valence-corrected chi connectivity index (χ4v) is 2.94. The Balaban J connectivity index is 1.69. The fourth-order valence-electron chi connectivity index (χ4n) is 2.67. The number of fused-ring (bicyclic) bond motifs is 1. The summed E-state index contributed by atoms with van der Waals surface area (Å²) in [6.45, 7) is 0. The number of aromatic nitrogens is 2. The number of H-pyrrole nitrogens is 1. The van der Waals surface area contributed by atoms with E-state index in [-0.39, 0.29) is 5.91 Å². The number of amides is 1. The molecule has 4 nitrogen and oxygen atoms in total. The molecule has 0 aliphatic heterocycles. The fraction of sp³-hybridized carbons (Fsp3) is 0. The van der Waals surface area contributed by atoms with Crippen molar-refractivity contribution < 1.29 is 4.79 Å². The molecule has 0 spiro atoms. The molecule has 0 fully saturated rings. The number of aromatic amines is 1. The Kier molecular flexibility index (Phi) is 4.07. The Morgan fingerprint density at radius 3 is 2.44 bits per heavy atom. The predicted octanol–water partition coefficient (Wildman–Crippen LogP) is 5.24. The Morgan fingerprint density at radius 1 is 0.920 bits per heavy atom. The van der Waals surface area contributed by atoms with Gasteiger partial charge in [0.15, 0.2) is 0 Å². The molecule has 4 rings (SSSR count). The highest BCUT2D eigenvalue weighted by Crippen LogP contribution is 2.28. The first-order valence-electron chi connectivity index (χ1n) is 7.82. The molecule has 0 saturated heterocycles. The van der Waals surface area contributed by atoms with Crippen LogP contribution in [-0.2, 0) is 0 Å². The van der Waals surface area contributed by atoms with Crippen LogP contribution in [0.4, 0.5) is 5.69 Å². The number of nitrogens with one attached hydrogen (secondary N) is 2. The molecule has 0 aliphatic rings. The van der Waals surface area contributed by atoms with Crippen LogP contribution in [0.25, 0.3) is 22.4 Å². The first kappa shape index (κ1) is 15.6. The molecule has 0 bridgehead atoms. The first-order chi connectivity index (χ1) is 12.2. The minimum Gasteiger partial charge on any atom is -0.338 e. The van der Waals surface area contributed by atoms with Gasteiger partial charge in [0.25, 0.3) is 5.91 Å². The summed E-state index contributed by atoms with van der Waals surface area (Å²) in [4.78, 5) is 20.5. The Labute approximate surface area is 153 Å². The molecule has 0 unspecified atom stereocenters. The van der Waals surface area contributed by atoms with Gasteiger partial charge in [0.1, 0.15) is 5.82 Å². The van der Waals surface area contributed by atoms with Crippen LogP contribution in [0, 0.1) is 0 Å². The Bertz CT molecular complexity index is 1020. The summed E-state index contributed by atoms with van der Waals surface area (Å²) >= 11 is 3.38. The van der Waals surface area contributed by atoms with Gasteiger partial charge in [-0.1, -0.05) is 40.2 Å². The second kappa shape index (κ2) is 6.53. The van der Waals surface area contributed by atoms with Gasteiger partial charge in [0.05, 0.1) is 16.7 Å². The predicted molar refractivity (Wildman–Crippen MR) is 104 cm³/mol. The monoisotopic (exact) mass is 391 g/mol. The highest BCUT2D eigenvalue weighted by Gasteiger charge is 2.12. The molecular formula is C20H14BrN3O. The third-order valence-electron chi connectivity index (χ3n) is 3.93. The SMILES string of the molecule is O=C(Nc1ccccc1-c1nc2ccccc2[nH]1)c1ccc(Br)cc1. The molecule has 0 saturated carbocycles. The largest absolute Gasteiger partial charge is 0.338 e. The second-order valence-corrected chi connectivity index (χ2v) is 6.52. The number of hydrogen-bond donors (Lipinski definition) is 2. The number of anilines is 1. The zero-order valence-corrected chi connectivity index (χ0v) is 14.7. The number of rotatable bonds is 3. The lowest BCUT2D eigenvalue weighted by molar-refractivity contribution is 0.102. The summed E-state index contributed by atoms with van der Waals surface area (Å²) in [6.07, 6.45) is 0. The van der Waals surface area contributed by atoms with E-state index in [2.05, 4.69) is 31.2 Å². The van der Waals surface area contributed by atoms with Crippen molar-refractivity contribution >= 4 is 38.6 Å². The normalized spacial score (nSPS) is 10.8. The molecule has 1 amide bonds. The molecule has 1 heterocycles. The van der Waals surface area contributed by atoms with Crippen molar-refractivity contribution in [2.45, 2.75) is 0 Å². The van der Waals surface area contributed by atoms with Crippen LogP contribution in [-0.4, -0.2) is 15.9 Å². The molecule has 122 valence electrons. The van der Waals surface area contributed by atoms with Gasteiger partial charge in [-0.2, -0.15) is 0 Å². The van der Waals surface area contributed by atoms with Gasteiger partial charge >= 0.3 is 0 Å². The zero-order chi connectivity index (χ0) is 17.2. The number of carbonyl (C=O) groups excluding carboxylic acids is 1. The number of imidazole rings is 1. The van der Waals surface area contributed by atoms with Crippen LogP contribution in [0.15, 0.2) is 77.3 Å². The average Bonchev–Trinajstić information content (AvgIpc) is 3.06. The van der Waals surface area contributed by atoms with E-state index >= 15 is 0 Å². The van der Waals surface area contributed by atoms with Crippen LogP contribution in [0.3, 0.4) is 0 Å². The van der Waals surface area contributed by atoms with Gasteiger partial charge in [0, 0.05) is 15.6 Å². The summed E-state index contributed by atoms with van der Waals surface area (Å²) in [5, 5.41) is 2.97. The lowest BCUT2D eigenvalue weighted by Gasteiger charge is -2.09. The lowest BCUT2D eigenvalue weighted by Crippen LogP contribution is -2.12. The van der Waals surface area contributed by atoms with E-state index in [1.165, 1.54) is 0 Å². The molecule has 0 radical (unpaired) electrons. The molecular weight excluding hydrogens is 378 g/mol. The van der Waals surface area contributed by atoms with Crippen molar-refractivity contribution in [3.05, 3.63) is 82.8 Å². The quantitative estimate of drug-likeness (QED) is 0.501. The standard InChI is InChI=1S/C20H14BrN3O/c21-14-11-9-13(10-12-14)20(25)24-16-6-2-1-5-15(16)19-22-17-7-3-4-8-18(17)23-19/h1-12H,(H,22,23)(H,24,25). The number of halogens is 1. The topological polar surface area (TPSA) is 57.8 Å². The van der Waals surface area contributed by atoms with Crippen LogP contribution in [0.5, 0.6) is 0 Å². The second-order valence-electron chi connectivity index (χ2n) is 5.61. The van der Waals surface area contributed by atoms with Crippen LogP contribution < -0.4 is 5.32 Å². The minimum atomic E-state index is -0.156. The van der Waals surface area contributed by atoms with E-state index in [4.69, 9.17) is 0 Å². The number of benzene rings is 3. The van der Waals surface area contributed by atoms with E-state index in [1.54, 1.807) is 12.1 Å². The van der Waals surface area contributed by atoms with Gasteiger partial charge in [0.2, 0.25) is 0 Å². The van der Waals surface area contributed by atoms with Gasteiger partial charge in [-0.05, 0) is 48.5 Å². The smallest absolute Gasteiger partial charge is 0.255 e. The number of carbonyl (C=O) groups is 1. The maximum atomic E-state index is 12.5. The summed E-state index contributed by atoms with van der Waals surface area (Å²) in [5.74, 6) is 0.573. The van der Waals surface area contributed by atoms with Crippen molar-refractivity contribution in [3.8, 4) is 11.4 Å². The molecule has 4 aromatic rings. The van der Waals surface area contributed by atoms with Crippen molar-refractivity contribution in [2.75, 3.05) is 5.32 Å². The van der Waals surface area contributed by atoms with Crippen molar-refractivity contribution in [2.24, 2.45) is 0 Å². The zero-order valence-electron chi connectivity index (χ0n) is 13.2. The van der Waals surface area contributed by atoms with Crippen LogP contribution in [0.1, 0.15) is 10.4 Å². The Morgan fingerprint density at radius 2 is 1.64 bits per heavy atom. The molecule has 25 heavy (non-hydrogen) atoms. The molecule has 0 atom stereocenters. The summed E-state index contributed by atoms with van der Waals surface area (Å²) in [7, 11) is 0. The highest BCUT2D eigenvalue weighted by molar-refractivity contribution is 9.10. The molecule has 5 heteroatoms. The third kappa shape index (κ3) is 3.19. The molecule has 2 N–H and O–H groups in total. The van der Waals surface area contributed by atoms with Gasteiger partial charge in [-0.25, -0.2) is 4.98 Å². The third-order valence-corrected chi connectivity index (χ3v) is 4.45. The molecule has 1 aromatic heterocycles. The summed E-state index contributed by atoms with van der Waals surface area (Å²) < 4.78 is 0.937. The van der Waals surface area contributed by atoms with Crippen LogP contribution in [0.2, 0.25) is 0 Å². The average molecular weight is 392 g/mol. The number of hydrogen-bond acceptors (Lipinski definition) is 2. The lowest BCUT2D eigenvalue weighted by atomic mass is 10.1. The van der Waals surface area contributed by atoms with E-state index < -0.39 is 0 Å². The Hall–Kier alpha value is -2.92. The number of para-hydroxylation sites is 3. The van der Waals surface area contributed by atoms with Crippen molar-refractivity contribution in [1.29, 1.82) is 0 Å². The maximum absolute atomic E-state index is 12.5. The number of nitrogens with zero attached hydrogens (tertiary/aromatic N) is 1. The van der Waals surface area contributed by atoms with E-state index in [1.807, 2.05) is 60.7 Å². The van der Waals surface area contributed by atoms with E-state index in [9.17, 15) is 4.79 Å². The van der Waals surface area contributed by atoms with Crippen LogP contribution >= 0.6 is 15.9 Å².